The molecule has 1 heterocycles. The van der Waals surface area contributed by atoms with Crippen LogP contribution in [-0.2, 0) is 6.54 Å². The fourth-order valence-electron chi connectivity index (χ4n) is 2.88. The molecule has 0 radical (unpaired) electrons. The molecule has 0 spiro atoms. The number of anilines is 1. The van der Waals surface area contributed by atoms with Crippen molar-refractivity contribution < 1.29 is 9.72 Å². The minimum absolute atomic E-state index is 0.00852. The van der Waals surface area contributed by atoms with Gasteiger partial charge < -0.3 is 10.2 Å². The smallest absolute Gasteiger partial charge is 0.295 e. The number of nitrogens with one attached hydrogen (secondary N) is 1. The summed E-state index contributed by atoms with van der Waals surface area (Å²) in [5.74, 6) is -0.0439. The Morgan fingerprint density at radius 2 is 1.89 bits per heavy atom. The fraction of sp³-hybridized carbons (Fsp3) is 0.200. The quantitative estimate of drug-likeness (QED) is 0.550. The van der Waals surface area contributed by atoms with Gasteiger partial charge in [0.1, 0.15) is 0 Å². The Labute approximate surface area is 156 Å². The van der Waals surface area contributed by atoms with Crippen molar-refractivity contribution in [2.75, 3.05) is 19.4 Å². The lowest BCUT2D eigenvalue weighted by Crippen LogP contribution is -2.21. The second-order valence-corrected chi connectivity index (χ2v) is 6.49. The molecule has 0 atom stereocenters. The molecule has 27 heavy (non-hydrogen) atoms. The normalized spacial score (nSPS) is 10.6. The summed E-state index contributed by atoms with van der Waals surface area (Å²) in [5, 5.41) is 15.3. The molecule has 7 nitrogen and oxygen atoms in total. The molecule has 3 rings (SSSR count). The Hall–Kier alpha value is -3.48. The van der Waals surface area contributed by atoms with Gasteiger partial charge in [0.05, 0.1) is 4.92 Å². The summed E-state index contributed by atoms with van der Waals surface area (Å²) in [6.07, 6.45) is 0. The van der Waals surface area contributed by atoms with Gasteiger partial charge in [-0.2, -0.15) is 0 Å². The molecule has 0 aliphatic heterocycles. The molecular weight excluding hydrogens is 344 g/mol. The number of carbonyl (C=O) groups is 1. The number of carbonyl (C=O) groups excluding carboxylic acids is 1. The van der Waals surface area contributed by atoms with E-state index < -0.39 is 4.92 Å². The third-order valence-corrected chi connectivity index (χ3v) is 4.23. The Bertz CT molecular complexity index is 1010. The molecule has 2 aromatic carbocycles. The van der Waals surface area contributed by atoms with Crippen LogP contribution in [0.3, 0.4) is 0 Å². The van der Waals surface area contributed by atoms with Gasteiger partial charge in [-0.15, -0.1) is 0 Å². The maximum atomic E-state index is 12.0. The van der Waals surface area contributed by atoms with E-state index in [9.17, 15) is 14.9 Å². The number of para-hydroxylation sites is 1. The van der Waals surface area contributed by atoms with Crippen LogP contribution in [0.4, 0.5) is 11.4 Å². The molecule has 1 amide bonds. The number of hydrogen-bond donors (Lipinski definition) is 1. The van der Waals surface area contributed by atoms with Crippen LogP contribution in [0.1, 0.15) is 21.6 Å². The van der Waals surface area contributed by atoms with Crippen molar-refractivity contribution in [3.8, 4) is 0 Å². The number of aryl methyl sites for hydroxylation is 1. The lowest BCUT2D eigenvalue weighted by molar-refractivity contribution is -0.383. The number of benzene rings is 2. The van der Waals surface area contributed by atoms with Crippen LogP contribution in [0.25, 0.3) is 10.9 Å². The van der Waals surface area contributed by atoms with E-state index in [2.05, 4.69) is 10.3 Å². The molecule has 1 N–H and O–H groups in total. The summed E-state index contributed by atoms with van der Waals surface area (Å²) in [4.78, 5) is 28.7. The van der Waals surface area contributed by atoms with Gasteiger partial charge >= 0.3 is 0 Å². The number of aromatic nitrogens is 1. The predicted molar refractivity (Wildman–Crippen MR) is 105 cm³/mol. The topological polar surface area (TPSA) is 88.4 Å². The van der Waals surface area contributed by atoms with Gasteiger partial charge in [-0.1, -0.05) is 24.3 Å². The Morgan fingerprint density at radius 1 is 1.19 bits per heavy atom. The van der Waals surface area contributed by atoms with Gasteiger partial charge in [0.2, 0.25) is 0 Å². The van der Waals surface area contributed by atoms with E-state index in [-0.39, 0.29) is 11.6 Å². The maximum Gasteiger partial charge on any atom is 0.295 e. The van der Waals surface area contributed by atoms with E-state index in [1.807, 2.05) is 31.2 Å². The molecule has 0 aliphatic carbocycles. The van der Waals surface area contributed by atoms with Gasteiger partial charge in [-0.05, 0) is 30.7 Å². The average Bonchev–Trinajstić information content (AvgIpc) is 2.65. The number of rotatable bonds is 5. The summed E-state index contributed by atoms with van der Waals surface area (Å²) in [7, 11) is 3.43. The molecule has 0 unspecified atom stereocenters. The Morgan fingerprint density at radius 3 is 2.52 bits per heavy atom. The van der Waals surface area contributed by atoms with E-state index in [4.69, 9.17) is 0 Å². The van der Waals surface area contributed by atoms with E-state index in [0.29, 0.717) is 28.7 Å². The van der Waals surface area contributed by atoms with E-state index >= 15 is 0 Å². The van der Waals surface area contributed by atoms with Crippen LogP contribution in [-0.4, -0.2) is 34.8 Å². The van der Waals surface area contributed by atoms with Crippen molar-refractivity contribution in [3.63, 3.8) is 0 Å². The summed E-state index contributed by atoms with van der Waals surface area (Å²) in [5.41, 5.74) is 3.48. The van der Waals surface area contributed by atoms with Crippen LogP contribution in [0.15, 0.2) is 48.5 Å². The first-order chi connectivity index (χ1) is 12.9. The number of fused-ring (bicyclic) bond motifs is 1. The number of pyridine rings is 1. The number of non-ortho nitro benzene ring substituents is 1. The van der Waals surface area contributed by atoms with Crippen molar-refractivity contribution in [3.05, 3.63) is 75.5 Å². The third-order valence-electron chi connectivity index (χ3n) is 4.23. The number of hydrogen-bond acceptors (Lipinski definition) is 5. The minimum Gasteiger partial charge on any atom is -0.380 e. The highest BCUT2D eigenvalue weighted by Gasteiger charge is 2.15. The first-order valence-electron chi connectivity index (χ1n) is 8.46. The molecule has 0 bridgehead atoms. The van der Waals surface area contributed by atoms with Crippen molar-refractivity contribution >= 4 is 28.2 Å². The largest absolute Gasteiger partial charge is 0.380 e. The highest BCUT2D eigenvalue weighted by Crippen LogP contribution is 2.30. The second kappa shape index (κ2) is 7.41. The first-order valence-corrected chi connectivity index (χ1v) is 8.46. The predicted octanol–water partition coefficient (Wildman–Crippen LogP) is 3.77. The van der Waals surface area contributed by atoms with Gasteiger partial charge in [-0.25, -0.2) is 4.98 Å². The van der Waals surface area contributed by atoms with E-state index in [1.165, 1.54) is 11.0 Å². The summed E-state index contributed by atoms with van der Waals surface area (Å²) < 4.78 is 0. The molecular formula is C20H20N4O3. The molecule has 1 aromatic heterocycles. The van der Waals surface area contributed by atoms with Crippen LogP contribution >= 0.6 is 0 Å². The summed E-state index contributed by atoms with van der Waals surface area (Å²) in [6, 6.07) is 14.2. The SMILES string of the molecule is Cc1cc(NCc2ccc(C(=O)N(C)C)cc2)c2cccc([N+](=O)[O-])c2n1. The first kappa shape index (κ1) is 18.3. The molecule has 0 aliphatic rings. The molecule has 0 fully saturated rings. The summed E-state index contributed by atoms with van der Waals surface area (Å²) in [6.45, 7) is 2.33. The molecule has 0 saturated carbocycles. The maximum absolute atomic E-state index is 12.0. The van der Waals surface area contributed by atoms with Gasteiger partial charge in [0.15, 0.2) is 5.52 Å². The van der Waals surface area contributed by atoms with Crippen molar-refractivity contribution in [2.45, 2.75) is 13.5 Å². The number of nitrogens with zero attached hydrogens (tertiary/aromatic N) is 3. The number of amides is 1. The third kappa shape index (κ3) is 3.87. The van der Waals surface area contributed by atoms with Crippen LogP contribution in [0.5, 0.6) is 0 Å². The van der Waals surface area contributed by atoms with Gasteiger partial charge in [-0.3, -0.25) is 14.9 Å². The Balaban J connectivity index is 1.86. The van der Waals surface area contributed by atoms with Gasteiger partial charge in [0, 0.05) is 49.0 Å². The zero-order valence-corrected chi connectivity index (χ0v) is 15.4. The Kier molecular flexibility index (Phi) is 5.03. The lowest BCUT2D eigenvalue weighted by Gasteiger charge is -2.12. The van der Waals surface area contributed by atoms with Crippen molar-refractivity contribution in [1.82, 2.24) is 9.88 Å². The van der Waals surface area contributed by atoms with Crippen LogP contribution in [0.2, 0.25) is 0 Å². The molecule has 7 heteroatoms. The van der Waals surface area contributed by atoms with Crippen molar-refractivity contribution in [1.29, 1.82) is 0 Å². The zero-order valence-electron chi connectivity index (χ0n) is 15.4. The molecule has 3 aromatic rings. The van der Waals surface area contributed by atoms with E-state index in [1.54, 1.807) is 32.3 Å². The monoisotopic (exact) mass is 364 g/mol. The zero-order chi connectivity index (χ0) is 19.6. The van der Waals surface area contributed by atoms with Gasteiger partial charge in [0.25, 0.3) is 11.6 Å². The highest BCUT2D eigenvalue weighted by molar-refractivity contribution is 5.96. The average molecular weight is 364 g/mol. The lowest BCUT2D eigenvalue weighted by atomic mass is 10.1. The fourth-order valence-corrected chi connectivity index (χ4v) is 2.88. The number of nitro benzene ring substituents is 1. The van der Waals surface area contributed by atoms with E-state index in [0.717, 1.165) is 11.3 Å². The standard InChI is InChI=1S/C20H20N4O3/c1-13-11-17(16-5-4-6-18(24(26)27)19(16)22-13)21-12-14-7-9-15(10-8-14)20(25)23(2)3/h4-11H,12H2,1-3H3,(H,21,22). The molecule has 0 saturated heterocycles. The molecule has 138 valence electrons. The highest BCUT2D eigenvalue weighted by atomic mass is 16.6. The summed E-state index contributed by atoms with van der Waals surface area (Å²) >= 11 is 0. The van der Waals surface area contributed by atoms with Crippen molar-refractivity contribution in [2.24, 2.45) is 0 Å². The van der Waals surface area contributed by atoms with Crippen LogP contribution in [0, 0.1) is 17.0 Å². The second-order valence-electron chi connectivity index (χ2n) is 6.49. The van der Waals surface area contributed by atoms with Crippen LogP contribution < -0.4 is 5.32 Å². The number of nitro groups is 1. The minimum atomic E-state index is -0.418.